The fourth-order valence-corrected chi connectivity index (χ4v) is 3.31. The average molecular weight is 369 g/mol. The molecule has 0 spiro atoms. The van der Waals surface area contributed by atoms with Crippen molar-refractivity contribution in [2.45, 2.75) is 39.8 Å². The maximum atomic E-state index is 6.02. The first kappa shape index (κ1) is 18.7. The zero-order valence-electron chi connectivity index (χ0n) is 14.7. The van der Waals surface area contributed by atoms with Crippen molar-refractivity contribution in [2.24, 2.45) is 12.0 Å². The number of hydrogen-bond acceptors (Lipinski definition) is 4. The van der Waals surface area contributed by atoms with Gasteiger partial charge >= 0.3 is 0 Å². The molecule has 0 fully saturated rings. The highest BCUT2D eigenvalue weighted by Crippen LogP contribution is 2.22. The van der Waals surface area contributed by atoms with Crippen molar-refractivity contribution in [3.8, 4) is 0 Å². The third kappa shape index (κ3) is 5.21. The minimum atomic E-state index is 0.501. The van der Waals surface area contributed by atoms with E-state index < -0.39 is 0 Å². The minimum absolute atomic E-state index is 0.501. The highest BCUT2D eigenvalue weighted by Gasteiger charge is 2.10. The monoisotopic (exact) mass is 368 g/mol. The first-order valence-electron chi connectivity index (χ1n) is 8.09. The van der Waals surface area contributed by atoms with E-state index in [1.165, 1.54) is 4.88 Å². The van der Waals surface area contributed by atoms with Crippen LogP contribution in [0, 0.1) is 6.92 Å². The number of aryl methyl sites for hydroxylation is 1. The summed E-state index contributed by atoms with van der Waals surface area (Å²) in [7, 11) is 4.00. The van der Waals surface area contributed by atoms with E-state index in [-0.39, 0.29) is 0 Å². The molecule has 0 aliphatic heterocycles. The lowest BCUT2D eigenvalue weighted by Gasteiger charge is -2.22. The quantitative estimate of drug-likeness (QED) is 0.463. The Morgan fingerprint density at radius 3 is 2.79 bits per heavy atom. The van der Waals surface area contributed by atoms with E-state index in [2.05, 4.69) is 33.4 Å². The maximum Gasteiger partial charge on any atom is 0.194 e. The number of unbranched alkanes of at least 4 members (excludes halogenated alkanes) is 1. The first-order chi connectivity index (χ1) is 11.5. The Bertz CT molecular complexity index is 678. The summed E-state index contributed by atoms with van der Waals surface area (Å²) in [5, 5.41) is 11.7. The van der Waals surface area contributed by atoms with Crippen LogP contribution in [0.15, 0.2) is 17.1 Å². The van der Waals surface area contributed by atoms with Crippen LogP contribution < -0.4 is 5.32 Å². The van der Waals surface area contributed by atoms with Crippen LogP contribution in [0.5, 0.6) is 0 Å². The van der Waals surface area contributed by atoms with Crippen molar-refractivity contribution < 1.29 is 0 Å². The van der Waals surface area contributed by atoms with Gasteiger partial charge in [0.05, 0.1) is 10.9 Å². The summed E-state index contributed by atoms with van der Waals surface area (Å²) in [6, 6.07) is 3.98. The third-order valence-corrected chi connectivity index (χ3v) is 4.97. The summed E-state index contributed by atoms with van der Waals surface area (Å²) in [5.74, 6) is 2.62. The highest BCUT2D eigenvalue weighted by molar-refractivity contribution is 7.16. The van der Waals surface area contributed by atoms with E-state index in [0.717, 1.165) is 47.9 Å². The zero-order valence-corrected chi connectivity index (χ0v) is 16.3. The second kappa shape index (κ2) is 9.03. The van der Waals surface area contributed by atoms with Crippen molar-refractivity contribution >= 4 is 28.9 Å². The highest BCUT2D eigenvalue weighted by atomic mass is 35.5. The molecule has 0 atom stereocenters. The van der Waals surface area contributed by atoms with Crippen LogP contribution in [0.25, 0.3) is 0 Å². The molecule has 0 bridgehead atoms. The van der Waals surface area contributed by atoms with Crippen molar-refractivity contribution in [1.29, 1.82) is 0 Å². The molecule has 0 saturated heterocycles. The van der Waals surface area contributed by atoms with Crippen molar-refractivity contribution in [3.63, 3.8) is 0 Å². The molecule has 132 valence electrons. The fourth-order valence-electron chi connectivity index (χ4n) is 2.17. The van der Waals surface area contributed by atoms with Gasteiger partial charge in [-0.3, -0.25) is 0 Å². The lowest BCUT2D eigenvalue weighted by molar-refractivity contribution is 0.477. The van der Waals surface area contributed by atoms with E-state index in [9.17, 15) is 0 Å². The molecule has 0 aromatic carbocycles. The molecule has 2 aromatic heterocycles. The van der Waals surface area contributed by atoms with Gasteiger partial charge in [-0.15, -0.1) is 21.5 Å². The van der Waals surface area contributed by atoms with Gasteiger partial charge in [0.25, 0.3) is 0 Å². The van der Waals surface area contributed by atoms with E-state index in [0.29, 0.717) is 6.54 Å². The molecule has 0 aliphatic rings. The number of hydrogen-bond donors (Lipinski definition) is 1. The molecular formula is C16H25ClN6S. The largest absolute Gasteiger partial charge is 0.356 e. The third-order valence-electron chi connectivity index (χ3n) is 3.75. The van der Waals surface area contributed by atoms with Gasteiger partial charge in [-0.05, 0) is 25.5 Å². The van der Waals surface area contributed by atoms with Crippen LogP contribution in [0.3, 0.4) is 0 Å². The molecule has 0 radical (unpaired) electrons. The van der Waals surface area contributed by atoms with Crippen LogP contribution in [0.1, 0.15) is 36.3 Å². The summed E-state index contributed by atoms with van der Waals surface area (Å²) in [5.41, 5.74) is 0. The first-order valence-corrected chi connectivity index (χ1v) is 9.29. The number of halogens is 1. The maximum absolute atomic E-state index is 6.02. The Balaban J connectivity index is 2.07. The SMILES string of the molecule is CCCCNC(=NCc1nnc(C)n1C)N(C)Cc1ccc(Cl)s1. The molecule has 0 aliphatic carbocycles. The van der Waals surface area contributed by atoms with E-state index in [1.807, 2.05) is 31.7 Å². The van der Waals surface area contributed by atoms with Crippen LogP contribution >= 0.6 is 22.9 Å². The van der Waals surface area contributed by atoms with Crippen LogP contribution in [0.2, 0.25) is 4.34 Å². The topological polar surface area (TPSA) is 58.3 Å². The van der Waals surface area contributed by atoms with Crippen LogP contribution in [-0.4, -0.2) is 39.2 Å². The molecule has 0 amide bonds. The molecule has 8 heteroatoms. The number of rotatable bonds is 7. The second-order valence-electron chi connectivity index (χ2n) is 5.70. The number of nitrogens with one attached hydrogen (secondary N) is 1. The molecule has 1 N–H and O–H groups in total. The Kier molecular flexibility index (Phi) is 7.05. The van der Waals surface area contributed by atoms with Gasteiger partial charge in [-0.25, -0.2) is 4.99 Å². The predicted molar refractivity (Wildman–Crippen MR) is 101 cm³/mol. The Hall–Kier alpha value is -1.60. The molecule has 6 nitrogen and oxygen atoms in total. The van der Waals surface area contributed by atoms with Crippen LogP contribution in [0.4, 0.5) is 0 Å². The summed E-state index contributed by atoms with van der Waals surface area (Å²) >= 11 is 7.62. The lowest BCUT2D eigenvalue weighted by atomic mass is 10.3. The lowest BCUT2D eigenvalue weighted by Crippen LogP contribution is -2.39. The average Bonchev–Trinajstić information content (AvgIpc) is 3.10. The van der Waals surface area contributed by atoms with Crippen molar-refractivity contribution in [1.82, 2.24) is 25.0 Å². The second-order valence-corrected chi connectivity index (χ2v) is 7.50. The predicted octanol–water partition coefficient (Wildman–Crippen LogP) is 3.22. The number of nitrogens with zero attached hydrogens (tertiary/aromatic N) is 5. The Morgan fingerprint density at radius 2 is 2.21 bits per heavy atom. The minimum Gasteiger partial charge on any atom is -0.356 e. The number of aliphatic imine (C=N–C) groups is 1. The van der Waals surface area contributed by atoms with Gasteiger partial charge in [-0.2, -0.15) is 0 Å². The van der Waals surface area contributed by atoms with Gasteiger partial charge in [-0.1, -0.05) is 24.9 Å². The number of thiophene rings is 1. The molecule has 0 unspecified atom stereocenters. The summed E-state index contributed by atoms with van der Waals surface area (Å²) < 4.78 is 2.78. The fraction of sp³-hybridized carbons (Fsp3) is 0.562. The molecule has 24 heavy (non-hydrogen) atoms. The Labute approximate surface area is 152 Å². The van der Waals surface area contributed by atoms with Gasteiger partial charge in [0.1, 0.15) is 12.4 Å². The normalized spacial score (nSPS) is 11.8. The molecule has 0 saturated carbocycles. The van der Waals surface area contributed by atoms with Crippen molar-refractivity contribution in [2.75, 3.05) is 13.6 Å². The molecular weight excluding hydrogens is 344 g/mol. The van der Waals surface area contributed by atoms with E-state index >= 15 is 0 Å². The van der Waals surface area contributed by atoms with Gasteiger partial charge in [0.15, 0.2) is 11.8 Å². The molecule has 2 heterocycles. The van der Waals surface area contributed by atoms with Gasteiger partial charge in [0.2, 0.25) is 0 Å². The number of aromatic nitrogens is 3. The molecule has 2 rings (SSSR count). The van der Waals surface area contributed by atoms with Crippen LogP contribution in [-0.2, 0) is 20.1 Å². The van der Waals surface area contributed by atoms with E-state index in [1.54, 1.807) is 11.3 Å². The summed E-state index contributed by atoms with van der Waals surface area (Å²) in [6.07, 6.45) is 2.26. The summed E-state index contributed by atoms with van der Waals surface area (Å²) in [6.45, 7) is 6.29. The van der Waals surface area contributed by atoms with Crippen molar-refractivity contribution in [3.05, 3.63) is 33.0 Å². The van der Waals surface area contributed by atoms with E-state index in [4.69, 9.17) is 16.6 Å². The number of guanidine groups is 1. The van der Waals surface area contributed by atoms with Gasteiger partial charge in [0, 0.05) is 25.5 Å². The standard InChI is InChI=1S/C16H25ClN6S/c1-5-6-9-18-16(19-10-15-21-20-12(2)23(15)4)22(3)11-13-7-8-14(17)24-13/h7-8H,5-6,9-11H2,1-4H3,(H,18,19). The molecule has 2 aromatic rings. The van der Waals surface area contributed by atoms with Gasteiger partial charge < -0.3 is 14.8 Å². The Morgan fingerprint density at radius 1 is 1.42 bits per heavy atom. The summed E-state index contributed by atoms with van der Waals surface area (Å²) in [4.78, 5) is 8.04. The smallest absolute Gasteiger partial charge is 0.194 e. The zero-order chi connectivity index (χ0) is 17.5.